The molecule has 3 aromatic rings. The number of thiophene rings is 1. The third-order valence-electron chi connectivity index (χ3n) is 3.97. The van der Waals surface area contributed by atoms with Crippen LogP contribution in [0.2, 0.25) is 0 Å². The average Bonchev–Trinajstić information content (AvgIpc) is 3.24. The number of nitrogens with one attached hydrogen (secondary N) is 2. The van der Waals surface area contributed by atoms with Crippen LogP contribution in [-0.2, 0) is 10.0 Å². The van der Waals surface area contributed by atoms with Gasteiger partial charge in [0, 0.05) is 12.1 Å². The van der Waals surface area contributed by atoms with Gasteiger partial charge in [0.2, 0.25) is 0 Å². The molecule has 1 atom stereocenters. The highest BCUT2D eigenvalue weighted by molar-refractivity contribution is 7.94. The standard InChI is InChI=1S/C20H19N3O3S2/c1-15(16-8-3-2-4-9-16)14-21-22-20(24)17-10-5-6-11-18(17)23-28(25,26)19-12-7-13-27-19/h2-15,23H,1H3,(H,22,24)/b21-14-/t15-/m1/s1. The first-order chi connectivity index (χ1) is 13.5. The van der Waals surface area contributed by atoms with Crippen LogP contribution in [0.3, 0.4) is 0 Å². The van der Waals surface area contributed by atoms with Crippen molar-refractivity contribution in [1.82, 2.24) is 5.43 Å². The summed E-state index contributed by atoms with van der Waals surface area (Å²) >= 11 is 1.10. The Morgan fingerprint density at radius 3 is 2.46 bits per heavy atom. The van der Waals surface area contributed by atoms with Gasteiger partial charge in [0.05, 0.1) is 11.3 Å². The Labute approximate surface area is 168 Å². The molecule has 28 heavy (non-hydrogen) atoms. The number of anilines is 1. The maximum atomic E-state index is 12.5. The minimum Gasteiger partial charge on any atom is -0.278 e. The molecule has 1 heterocycles. The minimum absolute atomic E-state index is 0.0223. The molecule has 6 nitrogen and oxygen atoms in total. The molecule has 1 amide bonds. The lowest BCUT2D eigenvalue weighted by Crippen LogP contribution is -2.21. The molecule has 0 saturated heterocycles. The third-order valence-corrected chi connectivity index (χ3v) is 6.73. The molecule has 0 aliphatic rings. The van der Waals surface area contributed by atoms with E-state index in [9.17, 15) is 13.2 Å². The second-order valence-corrected chi connectivity index (χ2v) is 8.86. The van der Waals surface area contributed by atoms with Gasteiger partial charge in [-0.25, -0.2) is 13.8 Å². The lowest BCUT2D eigenvalue weighted by atomic mass is 10.0. The zero-order valence-corrected chi connectivity index (χ0v) is 16.7. The van der Waals surface area contributed by atoms with E-state index in [4.69, 9.17) is 0 Å². The molecule has 2 N–H and O–H groups in total. The molecular formula is C20H19N3O3S2. The average molecular weight is 414 g/mol. The van der Waals surface area contributed by atoms with Crippen LogP contribution in [0.25, 0.3) is 0 Å². The lowest BCUT2D eigenvalue weighted by molar-refractivity contribution is 0.0956. The Morgan fingerprint density at radius 1 is 1.04 bits per heavy atom. The monoisotopic (exact) mass is 413 g/mol. The SMILES string of the molecule is C[C@H](/C=N\NC(=O)c1ccccc1NS(=O)(=O)c1cccs1)c1ccccc1. The molecule has 0 aliphatic heterocycles. The van der Waals surface area contributed by atoms with E-state index in [-0.39, 0.29) is 21.4 Å². The number of hydrogen-bond acceptors (Lipinski definition) is 5. The molecular weight excluding hydrogens is 394 g/mol. The normalized spacial score (nSPS) is 12.6. The molecule has 0 aliphatic carbocycles. The molecule has 0 saturated carbocycles. The van der Waals surface area contributed by atoms with Crippen molar-refractivity contribution in [1.29, 1.82) is 0 Å². The van der Waals surface area contributed by atoms with Crippen LogP contribution in [0.15, 0.2) is 81.4 Å². The number of para-hydroxylation sites is 1. The molecule has 1 aromatic heterocycles. The summed E-state index contributed by atoms with van der Waals surface area (Å²) < 4.78 is 27.5. The Bertz CT molecular complexity index is 1060. The molecule has 0 bridgehead atoms. The molecule has 144 valence electrons. The summed E-state index contributed by atoms with van der Waals surface area (Å²) in [5.74, 6) is -0.477. The highest BCUT2D eigenvalue weighted by atomic mass is 32.2. The van der Waals surface area contributed by atoms with Crippen LogP contribution in [0.4, 0.5) is 5.69 Å². The Morgan fingerprint density at radius 2 is 1.75 bits per heavy atom. The second-order valence-electron chi connectivity index (χ2n) is 6.00. The number of amides is 1. The van der Waals surface area contributed by atoms with Crippen LogP contribution < -0.4 is 10.1 Å². The number of carbonyl (C=O) groups excluding carboxylic acids is 1. The predicted octanol–water partition coefficient (Wildman–Crippen LogP) is 4.07. The van der Waals surface area contributed by atoms with Gasteiger partial charge in [0.15, 0.2) is 0 Å². The van der Waals surface area contributed by atoms with Crippen molar-refractivity contribution in [3.63, 3.8) is 0 Å². The van der Waals surface area contributed by atoms with Crippen molar-refractivity contribution in [3.8, 4) is 0 Å². The van der Waals surface area contributed by atoms with Gasteiger partial charge < -0.3 is 0 Å². The van der Waals surface area contributed by atoms with Gasteiger partial charge >= 0.3 is 0 Å². The summed E-state index contributed by atoms with van der Waals surface area (Å²) in [6, 6.07) is 19.3. The molecule has 2 aromatic carbocycles. The summed E-state index contributed by atoms with van der Waals surface area (Å²) in [5.41, 5.74) is 3.91. The fourth-order valence-electron chi connectivity index (χ4n) is 2.49. The van der Waals surface area contributed by atoms with Crippen molar-refractivity contribution in [2.75, 3.05) is 4.72 Å². The van der Waals surface area contributed by atoms with E-state index in [1.807, 2.05) is 37.3 Å². The number of nitrogens with zero attached hydrogens (tertiary/aromatic N) is 1. The molecule has 0 spiro atoms. The largest absolute Gasteiger partial charge is 0.278 e. The van der Waals surface area contributed by atoms with Crippen molar-refractivity contribution in [2.24, 2.45) is 5.10 Å². The first-order valence-corrected chi connectivity index (χ1v) is 10.9. The van der Waals surface area contributed by atoms with E-state index in [1.54, 1.807) is 29.8 Å². The van der Waals surface area contributed by atoms with Gasteiger partial charge in [-0.3, -0.25) is 9.52 Å². The number of rotatable bonds is 7. The number of hydrogen-bond donors (Lipinski definition) is 2. The number of benzene rings is 2. The molecule has 0 unspecified atom stereocenters. The maximum Gasteiger partial charge on any atom is 0.273 e. The van der Waals surface area contributed by atoms with Crippen LogP contribution in [0.1, 0.15) is 28.8 Å². The fourth-order valence-corrected chi connectivity index (χ4v) is 4.56. The van der Waals surface area contributed by atoms with E-state index in [2.05, 4.69) is 15.2 Å². The molecule has 3 rings (SSSR count). The fraction of sp³-hybridized carbons (Fsp3) is 0.100. The van der Waals surface area contributed by atoms with Gasteiger partial charge in [0.25, 0.3) is 15.9 Å². The number of sulfonamides is 1. The number of hydrazone groups is 1. The highest BCUT2D eigenvalue weighted by Gasteiger charge is 2.19. The third kappa shape index (κ3) is 4.85. The number of carbonyl (C=O) groups is 1. The summed E-state index contributed by atoms with van der Waals surface area (Å²) in [4.78, 5) is 12.5. The van der Waals surface area contributed by atoms with Crippen LogP contribution in [0.5, 0.6) is 0 Å². The van der Waals surface area contributed by atoms with Crippen molar-refractivity contribution in [3.05, 3.63) is 83.2 Å². The van der Waals surface area contributed by atoms with E-state index in [1.165, 1.54) is 18.2 Å². The summed E-state index contributed by atoms with van der Waals surface area (Å²) in [6.45, 7) is 1.97. The lowest BCUT2D eigenvalue weighted by Gasteiger charge is -2.11. The smallest absolute Gasteiger partial charge is 0.273 e. The Kier molecular flexibility index (Phi) is 6.23. The van der Waals surface area contributed by atoms with Crippen LogP contribution >= 0.6 is 11.3 Å². The minimum atomic E-state index is -3.75. The van der Waals surface area contributed by atoms with Gasteiger partial charge in [-0.2, -0.15) is 5.10 Å². The zero-order chi connectivity index (χ0) is 20.0. The van der Waals surface area contributed by atoms with E-state index in [0.717, 1.165) is 16.9 Å². The van der Waals surface area contributed by atoms with E-state index < -0.39 is 15.9 Å². The summed E-state index contributed by atoms with van der Waals surface area (Å²) in [7, 11) is -3.75. The maximum absolute atomic E-state index is 12.5. The highest BCUT2D eigenvalue weighted by Crippen LogP contribution is 2.22. The Balaban J connectivity index is 1.72. The quantitative estimate of drug-likeness (QED) is 0.452. The second kappa shape index (κ2) is 8.81. The first kappa shape index (κ1) is 19.8. The van der Waals surface area contributed by atoms with Crippen molar-refractivity contribution < 1.29 is 13.2 Å². The van der Waals surface area contributed by atoms with E-state index in [0.29, 0.717) is 0 Å². The van der Waals surface area contributed by atoms with E-state index >= 15 is 0 Å². The van der Waals surface area contributed by atoms with Crippen molar-refractivity contribution in [2.45, 2.75) is 17.1 Å². The molecule has 0 fully saturated rings. The van der Waals surface area contributed by atoms with Gasteiger partial charge in [-0.1, -0.05) is 55.5 Å². The molecule has 8 heteroatoms. The van der Waals surface area contributed by atoms with Crippen LogP contribution in [0, 0.1) is 0 Å². The Hall–Kier alpha value is -2.97. The first-order valence-electron chi connectivity index (χ1n) is 8.51. The van der Waals surface area contributed by atoms with Gasteiger partial charge in [-0.15, -0.1) is 11.3 Å². The van der Waals surface area contributed by atoms with Gasteiger partial charge in [0.1, 0.15) is 4.21 Å². The summed E-state index contributed by atoms with van der Waals surface area (Å²) in [6.07, 6.45) is 1.63. The topological polar surface area (TPSA) is 87.6 Å². The van der Waals surface area contributed by atoms with Gasteiger partial charge in [-0.05, 0) is 29.1 Å². The zero-order valence-electron chi connectivity index (χ0n) is 15.1. The molecule has 0 radical (unpaired) electrons. The van der Waals surface area contributed by atoms with Crippen LogP contribution in [-0.4, -0.2) is 20.5 Å². The van der Waals surface area contributed by atoms with Crippen molar-refractivity contribution >= 4 is 39.2 Å². The summed E-state index contributed by atoms with van der Waals surface area (Å²) in [5, 5.41) is 5.69. The predicted molar refractivity (Wildman–Crippen MR) is 112 cm³/mol.